The number of hydrogen-bond donors (Lipinski definition) is 3. The number of hydrogen-bond acceptors (Lipinski definition) is 5. The molecule has 9 heteroatoms. The number of nitrogen functional groups attached to an aromatic ring is 1. The lowest BCUT2D eigenvalue weighted by Gasteiger charge is -1.88. The zero-order valence-electron chi connectivity index (χ0n) is 5.27. The molecule has 0 aliphatic carbocycles. The lowest BCUT2D eigenvalue weighted by molar-refractivity contribution is 0.594. The van der Waals surface area contributed by atoms with Crippen LogP contribution in [0.2, 0.25) is 0 Å². The minimum absolute atomic E-state index is 0. The van der Waals surface area contributed by atoms with Crippen LogP contribution >= 0.6 is 0 Å². The fraction of sp³-hybridized carbons (Fsp3) is 0. The highest BCUT2D eigenvalue weighted by molar-refractivity contribution is 7.89. The number of nitrogens with one attached hydrogen (secondary N) is 1. The van der Waals surface area contributed by atoms with Crippen molar-refractivity contribution in [2.75, 3.05) is 5.73 Å². The molecule has 1 aromatic heterocycles. The lowest BCUT2D eigenvalue weighted by atomic mass is 10.8. The van der Waals surface area contributed by atoms with Crippen molar-refractivity contribution in [3.8, 4) is 0 Å². The number of anilines is 1. The van der Waals surface area contributed by atoms with Crippen LogP contribution in [0.25, 0.3) is 0 Å². The van der Waals surface area contributed by atoms with Gasteiger partial charge in [-0.2, -0.15) is 5.21 Å². The summed E-state index contributed by atoms with van der Waals surface area (Å²) < 4.78 is 21.0. The Hall–Kier alpha value is -1.19. The molecule has 0 saturated heterocycles. The van der Waals surface area contributed by atoms with Crippen LogP contribution in [0.4, 0.5) is 5.82 Å². The summed E-state index contributed by atoms with van der Waals surface area (Å²) >= 11 is 0. The van der Waals surface area contributed by atoms with Gasteiger partial charge < -0.3 is 11.2 Å². The predicted molar refractivity (Wildman–Crippen MR) is 35.8 cm³/mol. The third kappa shape index (κ3) is 1.86. The molecule has 7 N–H and O–H groups in total. The van der Waals surface area contributed by atoms with Crippen LogP contribution < -0.4 is 10.9 Å². The predicted octanol–water partition coefficient (Wildman–Crippen LogP) is -2.79. The molecule has 0 unspecified atom stereocenters. The van der Waals surface area contributed by atoms with E-state index < -0.39 is 15.0 Å². The Labute approximate surface area is 61.9 Å². The van der Waals surface area contributed by atoms with E-state index in [1.807, 2.05) is 5.21 Å². The molecule has 0 atom stereocenters. The molecule has 0 amide bonds. The molecule has 0 aliphatic heterocycles. The van der Waals surface area contributed by atoms with Crippen molar-refractivity contribution in [1.29, 1.82) is 0 Å². The van der Waals surface area contributed by atoms with Crippen LogP contribution in [0, 0.1) is 0 Å². The van der Waals surface area contributed by atoms with E-state index in [1.54, 1.807) is 0 Å². The van der Waals surface area contributed by atoms with Crippen LogP contribution in [-0.4, -0.2) is 29.3 Å². The largest absolute Gasteiger partial charge is 0.412 e. The minimum Gasteiger partial charge on any atom is -0.412 e. The summed E-state index contributed by atoms with van der Waals surface area (Å²) in [4.78, 5) is 0. The zero-order chi connectivity index (χ0) is 7.78. The van der Waals surface area contributed by atoms with E-state index in [2.05, 4.69) is 15.3 Å². The third-order valence-corrected chi connectivity index (χ3v) is 1.65. The topological polar surface area (TPSA) is 159 Å². The van der Waals surface area contributed by atoms with Gasteiger partial charge in [-0.3, -0.25) is 0 Å². The van der Waals surface area contributed by atoms with Gasteiger partial charge in [-0.25, -0.2) is 13.6 Å². The van der Waals surface area contributed by atoms with Crippen molar-refractivity contribution in [3.63, 3.8) is 0 Å². The van der Waals surface area contributed by atoms with Crippen molar-refractivity contribution < 1.29 is 13.9 Å². The molecule has 11 heavy (non-hydrogen) atoms. The van der Waals surface area contributed by atoms with E-state index in [-0.39, 0.29) is 11.3 Å². The molecule has 0 aromatic carbocycles. The van der Waals surface area contributed by atoms with E-state index >= 15 is 0 Å². The maximum atomic E-state index is 10.5. The quantitative estimate of drug-likeness (QED) is 0.426. The number of rotatable bonds is 1. The van der Waals surface area contributed by atoms with E-state index in [9.17, 15) is 8.42 Å². The summed E-state index contributed by atoms with van der Waals surface area (Å²) in [5, 5.41) is 12.7. The summed E-state index contributed by atoms with van der Waals surface area (Å²) in [7, 11) is -3.82. The van der Waals surface area contributed by atoms with Gasteiger partial charge in [0.25, 0.3) is 10.0 Å². The molecular weight excluding hydrogens is 174 g/mol. The fourth-order valence-electron chi connectivity index (χ4n) is 0.439. The standard InChI is InChI=1S/C2H5N5O2S.H2O/c3-1-2(6-7-5-1)10(4,8)9;/h(H2,4,8,9)(H3,3,5,6,7);1H2. The van der Waals surface area contributed by atoms with E-state index in [4.69, 9.17) is 5.73 Å². The molecule has 0 aliphatic rings. The second-order valence-corrected chi connectivity index (χ2v) is 3.04. The maximum absolute atomic E-state index is 10.5. The molecular formula is C2H7N5O3S. The molecule has 1 rings (SSSR count). The van der Waals surface area contributed by atoms with Crippen molar-refractivity contribution in [1.82, 2.24) is 15.4 Å². The monoisotopic (exact) mass is 181 g/mol. The van der Waals surface area contributed by atoms with Crippen LogP contribution in [0.1, 0.15) is 0 Å². The van der Waals surface area contributed by atoms with Crippen LogP contribution in [-0.2, 0) is 10.0 Å². The zero-order valence-corrected chi connectivity index (χ0v) is 6.09. The fourth-order valence-corrected chi connectivity index (χ4v) is 0.944. The SMILES string of the molecule is Nc1n[nH]nc1S(N)(=O)=O.O. The second-order valence-electron chi connectivity index (χ2n) is 1.56. The summed E-state index contributed by atoms with van der Waals surface area (Å²) in [5.74, 6) is -0.220. The number of sulfonamides is 1. The number of aromatic amines is 1. The summed E-state index contributed by atoms with van der Waals surface area (Å²) in [5.41, 5.74) is 5.06. The number of nitrogens with zero attached hydrogens (tertiary/aromatic N) is 2. The lowest BCUT2D eigenvalue weighted by Crippen LogP contribution is -2.14. The van der Waals surface area contributed by atoms with Crippen molar-refractivity contribution >= 4 is 15.8 Å². The molecule has 0 saturated carbocycles. The summed E-state index contributed by atoms with van der Waals surface area (Å²) in [6.07, 6.45) is 0. The highest BCUT2D eigenvalue weighted by Crippen LogP contribution is 2.06. The van der Waals surface area contributed by atoms with Gasteiger partial charge in [-0.1, -0.05) is 0 Å². The van der Waals surface area contributed by atoms with Gasteiger partial charge >= 0.3 is 0 Å². The molecule has 64 valence electrons. The van der Waals surface area contributed by atoms with Gasteiger partial charge in [-0.15, -0.1) is 10.2 Å². The van der Waals surface area contributed by atoms with Crippen LogP contribution in [0.5, 0.6) is 0 Å². The summed E-state index contributed by atoms with van der Waals surface area (Å²) in [6.45, 7) is 0. The average molecular weight is 181 g/mol. The van der Waals surface area contributed by atoms with Crippen molar-refractivity contribution in [3.05, 3.63) is 0 Å². The van der Waals surface area contributed by atoms with Crippen molar-refractivity contribution in [2.24, 2.45) is 5.14 Å². The van der Waals surface area contributed by atoms with E-state index in [0.29, 0.717) is 0 Å². The van der Waals surface area contributed by atoms with Gasteiger partial charge in [0.2, 0.25) is 5.03 Å². The Balaban J connectivity index is 0.000001000. The molecule has 0 spiro atoms. The Kier molecular flexibility index (Phi) is 2.51. The Morgan fingerprint density at radius 1 is 1.36 bits per heavy atom. The second kappa shape index (κ2) is 2.82. The van der Waals surface area contributed by atoms with Crippen LogP contribution in [0.15, 0.2) is 5.03 Å². The first kappa shape index (κ1) is 9.81. The van der Waals surface area contributed by atoms with Gasteiger partial charge in [0.05, 0.1) is 0 Å². The van der Waals surface area contributed by atoms with E-state index in [1.165, 1.54) is 0 Å². The van der Waals surface area contributed by atoms with Crippen LogP contribution in [0.3, 0.4) is 0 Å². The minimum atomic E-state index is -3.82. The normalized spacial score (nSPS) is 10.6. The first-order valence-electron chi connectivity index (χ1n) is 2.21. The first-order valence-corrected chi connectivity index (χ1v) is 3.75. The number of primary sulfonamides is 1. The summed E-state index contributed by atoms with van der Waals surface area (Å²) in [6, 6.07) is 0. The number of aromatic nitrogens is 3. The van der Waals surface area contributed by atoms with E-state index in [0.717, 1.165) is 0 Å². The highest BCUT2D eigenvalue weighted by Gasteiger charge is 2.15. The van der Waals surface area contributed by atoms with Gasteiger partial charge in [0.1, 0.15) is 0 Å². The molecule has 0 bridgehead atoms. The molecule has 1 aromatic rings. The average Bonchev–Trinajstić information content (AvgIpc) is 2.11. The Morgan fingerprint density at radius 2 is 1.91 bits per heavy atom. The Bertz CT molecular complexity index is 327. The smallest absolute Gasteiger partial charge is 0.261 e. The highest BCUT2D eigenvalue weighted by atomic mass is 32.2. The molecule has 1 heterocycles. The van der Waals surface area contributed by atoms with Gasteiger partial charge in [-0.05, 0) is 0 Å². The third-order valence-electron chi connectivity index (χ3n) is 0.811. The molecule has 0 radical (unpaired) electrons. The van der Waals surface area contributed by atoms with Gasteiger partial charge in [0.15, 0.2) is 5.82 Å². The molecule has 8 nitrogen and oxygen atoms in total. The maximum Gasteiger partial charge on any atom is 0.261 e. The van der Waals surface area contributed by atoms with Gasteiger partial charge in [0, 0.05) is 0 Å². The number of nitrogens with two attached hydrogens (primary N) is 2. The molecule has 0 fully saturated rings. The van der Waals surface area contributed by atoms with Crippen molar-refractivity contribution in [2.45, 2.75) is 5.03 Å². The Morgan fingerprint density at radius 3 is 2.09 bits per heavy atom. The number of H-pyrrole nitrogens is 1. The first-order chi connectivity index (χ1) is 4.52.